The van der Waals surface area contributed by atoms with Crippen LogP contribution in [0.15, 0.2) is 11.4 Å². The van der Waals surface area contributed by atoms with Gasteiger partial charge in [0, 0.05) is 4.88 Å². The Morgan fingerprint density at radius 2 is 2.14 bits per heavy atom. The third-order valence-corrected chi connectivity index (χ3v) is 3.85. The van der Waals surface area contributed by atoms with Crippen LogP contribution in [0.25, 0.3) is 0 Å². The molecule has 0 radical (unpaired) electrons. The summed E-state index contributed by atoms with van der Waals surface area (Å²) in [4.78, 5) is 1.17. The maximum atomic E-state index is 10.0. The molecule has 0 aliphatic rings. The van der Waals surface area contributed by atoms with Crippen molar-refractivity contribution in [1.82, 2.24) is 0 Å². The summed E-state index contributed by atoms with van der Waals surface area (Å²) < 4.78 is 0. The zero-order chi connectivity index (χ0) is 10.6. The normalized spacial score (nSPS) is 15.4. The van der Waals surface area contributed by atoms with Crippen molar-refractivity contribution in [3.63, 3.8) is 0 Å². The Labute approximate surface area is 90.8 Å². The molecule has 0 fully saturated rings. The van der Waals surface area contributed by atoms with Crippen molar-refractivity contribution in [2.75, 3.05) is 0 Å². The van der Waals surface area contributed by atoms with Gasteiger partial charge >= 0.3 is 0 Å². The van der Waals surface area contributed by atoms with Crippen LogP contribution in [0, 0.1) is 5.92 Å². The van der Waals surface area contributed by atoms with Gasteiger partial charge in [0.15, 0.2) is 0 Å². The first-order valence-corrected chi connectivity index (χ1v) is 6.31. The van der Waals surface area contributed by atoms with Gasteiger partial charge in [0.2, 0.25) is 0 Å². The van der Waals surface area contributed by atoms with Gasteiger partial charge in [-0.2, -0.15) is 0 Å². The molecule has 80 valence electrons. The molecule has 2 unspecified atom stereocenters. The number of aliphatic hydroxyl groups is 1. The van der Waals surface area contributed by atoms with Crippen LogP contribution in [-0.4, -0.2) is 5.11 Å². The van der Waals surface area contributed by atoms with E-state index in [2.05, 4.69) is 32.2 Å². The van der Waals surface area contributed by atoms with Crippen LogP contribution in [-0.2, 0) is 6.42 Å². The molecule has 0 aromatic carbocycles. The lowest BCUT2D eigenvalue weighted by atomic mass is 9.98. The van der Waals surface area contributed by atoms with Crippen molar-refractivity contribution in [2.24, 2.45) is 5.92 Å². The summed E-state index contributed by atoms with van der Waals surface area (Å²) in [5, 5.41) is 12.1. The van der Waals surface area contributed by atoms with Crippen LogP contribution >= 0.6 is 11.3 Å². The van der Waals surface area contributed by atoms with Gasteiger partial charge in [0.25, 0.3) is 0 Å². The Hall–Kier alpha value is -0.340. The highest BCUT2D eigenvalue weighted by Gasteiger charge is 2.15. The molecule has 0 spiro atoms. The van der Waals surface area contributed by atoms with E-state index in [1.54, 1.807) is 11.3 Å². The highest BCUT2D eigenvalue weighted by atomic mass is 32.1. The van der Waals surface area contributed by atoms with Crippen LogP contribution in [0.5, 0.6) is 0 Å². The molecular weight excluding hydrogens is 192 g/mol. The lowest BCUT2D eigenvalue weighted by Gasteiger charge is -2.15. The fourth-order valence-corrected chi connectivity index (χ4v) is 2.58. The van der Waals surface area contributed by atoms with Crippen LogP contribution < -0.4 is 0 Å². The molecule has 0 aliphatic heterocycles. The molecule has 1 rings (SSSR count). The summed E-state index contributed by atoms with van der Waals surface area (Å²) in [6.07, 6.45) is 2.81. The second-order valence-electron chi connectivity index (χ2n) is 3.93. The largest absolute Gasteiger partial charge is 0.388 e. The number of hydrogen-bond acceptors (Lipinski definition) is 2. The van der Waals surface area contributed by atoms with Crippen LogP contribution in [0.3, 0.4) is 0 Å². The number of aryl methyl sites for hydroxylation is 1. The molecule has 14 heavy (non-hydrogen) atoms. The van der Waals surface area contributed by atoms with E-state index in [0.29, 0.717) is 5.92 Å². The number of rotatable bonds is 5. The fourth-order valence-electron chi connectivity index (χ4n) is 1.59. The molecule has 0 amide bonds. The Bertz CT molecular complexity index is 267. The highest BCUT2D eigenvalue weighted by molar-refractivity contribution is 7.10. The van der Waals surface area contributed by atoms with Crippen LogP contribution in [0.2, 0.25) is 0 Å². The van der Waals surface area contributed by atoms with Crippen LogP contribution in [0.1, 0.15) is 50.2 Å². The lowest BCUT2D eigenvalue weighted by molar-refractivity contribution is 0.149. The van der Waals surface area contributed by atoms with E-state index in [9.17, 15) is 5.11 Å². The molecule has 1 nitrogen and oxygen atoms in total. The smallest absolute Gasteiger partial charge is 0.0887 e. The van der Waals surface area contributed by atoms with E-state index >= 15 is 0 Å². The van der Waals surface area contributed by atoms with Gasteiger partial charge in [-0.05, 0) is 35.8 Å². The van der Waals surface area contributed by atoms with Crippen molar-refractivity contribution in [3.8, 4) is 0 Å². The molecule has 0 aliphatic carbocycles. The minimum Gasteiger partial charge on any atom is -0.388 e. The third kappa shape index (κ3) is 2.82. The second-order valence-corrected chi connectivity index (χ2v) is 4.88. The van der Waals surface area contributed by atoms with Crippen molar-refractivity contribution in [3.05, 3.63) is 21.9 Å². The van der Waals surface area contributed by atoms with Gasteiger partial charge in [0.05, 0.1) is 6.10 Å². The highest BCUT2D eigenvalue weighted by Crippen LogP contribution is 2.30. The summed E-state index contributed by atoms with van der Waals surface area (Å²) in [5.41, 5.74) is 1.31. The fraction of sp³-hybridized carbons (Fsp3) is 0.667. The molecule has 0 saturated heterocycles. The summed E-state index contributed by atoms with van der Waals surface area (Å²) in [7, 11) is 0. The summed E-state index contributed by atoms with van der Waals surface area (Å²) in [6.45, 7) is 6.51. The summed E-state index contributed by atoms with van der Waals surface area (Å²) in [6, 6.07) is 2.12. The molecule has 0 saturated carbocycles. The Balaban J connectivity index is 2.64. The van der Waals surface area contributed by atoms with Gasteiger partial charge in [-0.1, -0.05) is 27.2 Å². The lowest BCUT2D eigenvalue weighted by Crippen LogP contribution is -2.03. The predicted molar refractivity (Wildman–Crippen MR) is 62.7 cm³/mol. The Morgan fingerprint density at radius 3 is 2.71 bits per heavy atom. The van der Waals surface area contributed by atoms with Gasteiger partial charge in [0.1, 0.15) is 0 Å². The van der Waals surface area contributed by atoms with E-state index in [0.717, 1.165) is 19.3 Å². The van der Waals surface area contributed by atoms with E-state index in [4.69, 9.17) is 0 Å². The number of hydrogen-bond donors (Lipinski definition) is 1. The molecule has 1 aromatic heterocycles. The van der Waals surface area contributed by atoms with E-state index in [1.807, 2.05) is 0 Å². The molecular formula is C12H20OS. The summed E-state index contributed by atoms with van der Waals surface area (Å²) in [5.74, 6) is 0.608. The van der Waals surface area contributed by atoms with Crippen molar-refractivity contribution in [1.29, 1.82) is 0 Å². The first-order valence-electron chi connectivity index (χ1n) is 5.43. The van der Waals surface area contributed by atoms with E-state index in [-0.39, 0.29) is 6.10 Å². The van der Waals surface area contributed by atoms with Gasteiger partial charge in [-0.25, -0.2) is 0 Å². The monoisotopic (exact) mass is 212 g/mol. The number of thiophene rings is 1. The molecule has 1 N–H and O–H groups in total. The standard InChI is InChI=1S/C12H20OS/c1-4-9(3)8-11(13)12-10(5-2)6-7-14-12/h6-7,9,11,13H,4-5,8H2,1-3H3. The minimum atomic E-state index is -0.250. The quantitative estimate of drug-likeness (QED) is 0.787. The Kier molecular flexibility index (Phi) is 4.63. The maximum Gasteiger partial charge on any atom is 0.0887 e. The zero-order valence-corrected chi connectivity index (χ0v) is 10.1. The van der Waals surface area contributed by atoms with E-state index < -0.39 is 0 Å². The number of aliphatic hydroxyl groups excluding tert-OH is 1. The predicted octanol–water partition coefficient (Wildman–Crippen LogP) is 3.78. The molecule has 1 heterocycles. The average molecular weight is 212 g/mol. The van der Waals surface area contributed by atoms with Crippen LogP contribution in [0.4, 0.5) is 0 Å². The van der Waals surface area contributed by atoms with Crippen molar-refractivity contribution < 1.29 is 5.11 Å². The zero-order valence-electron chi connectivity index (χ0n) is 9.29. The van der Waals surface area contributed by atoms with Crippen molar-refractivity contribution in [2.45, 2.75) is 46.1 Å². The second kappa shape index (κ2) is 5.52. The Morgan fingerprint density at radius 1 is 1.43 bits per heavy atom. The molecule has 0 bridgehead atoms. The van der Waals surface area contributed by atoms with E-state index in [1.165, 1.54) is 10.4 Å². The SMILES string of the molecule is CCc1ccsc1C(O)CC(C)CC. The van der Waals surface area contributed by atoms with Crippen molar-refractivity contribution >= 4 is 11.3 Å². The molecule has 2 atom stereocenters. The molecule has 1 aromatic rings. The topological polar surface area (TPSA) is 20.2 Å². The van der Waals surface area contributed by atoms with Gasteiger partial charge in [-0.15, -0.1) is 11.3 Å². The first-order chi connectivity index (χ1) is 6.69. The summed E-state index contributed by atoms with van der Waals surface area (Å²) >= 11 is 1.68. The third-order valence-electron chi connectivity index (χ3n) is 2.79. The van der Waals surface area contributed by atoms with Gasteiger partial charge < -0.3 is 5.11 Å². The minimum absolute atomic E-state index is 0.250. The average Bonchev–Trinajstić information content (AvgIpc) is 2.65. The molecule has 2 heteroatoms. The van der Waals surface area contributed by atoms with Gasteiger partial charge in [-0.3, -0.25) is 0 Å². The maximum absolute atomic E-state index is 10.0. The first kappa shape index (κ1) is 11.7.